The van der Waals surface area contributed by atoms with Gasteiger partial charge in [-0.05, 0) is 18.2 Å². The maximum Gasteiger partial charge on any atom is 0.269 e. The van der Waals surface area contributed by atoms with Crippen LogP contribution < -0.4 is 10.9 Å². The lowest BCUT2D eigenvalue weighted by atomic mass is 10.2. The van der Waals surface area contributed by atoms with Crippen LogP contribution in [0.25, 0.3) is 0 Å². The Bertz CT molecular complexity index is 379. The Morgan fingerprint density at radius 1 is 1.33 bits per heavy atom. The van der Waals surface area contributed by atoms with Crippen LogP contribution in [0.3, 0.4) is 0 Å². The molecule has 0 aliphatic carbocycles. The minimum atomic E-state index is -0.390. The first-order chi connectivity index (χ1) is 7.13. The Kier molecular flexibility index (Phi) is 4.12. The zero-order valence-electron chi connectivity index (χ0n) is 8.21. The summed E-state index contributed by atoms with van der Waals surface area (Å²) in [4.78, 5) is 22.3. The summed E-state index contributed by atoms with van der Waals surface area (Å²) >= 11 is 5.71. The maximum absolute atomic E-state index is 11.4. The first kappa shape index (κ1) is 11.5. The van der Waals surface area contributed by atoms with Crippen LogP contribution in [-0.4, -0.2) is 11.8 Å². The monoisotopic (exact) mass is 226 g/mol. The first-order valence-electron chi connectivity index (χ1n) is 4.48. The SMILES string of the molecule is CCC(=O)NNC(=O)c1cccc(Cl)c1. The highest BCUT2D eigenvalue weighted by Gasteiger charge is 2.05. The summed E-state index contributed by atoms with van der Waals surface area (Å²) in [5.41, 5.74) is 4.95. The predicted molar refractivity (Wildman–Crippen MR) is 57.4 cm³/mol. The number of halogens is 1. The van der Waals surface area contributed by atoms with E-state index in [0.29, 0.717) is 17.0 Å². The Balaban J connectivity index is 2.58. The third-order valence-corrected chi connectivity index (χ3v) is 1.96. The molecule has 0 unspecified atom stereocenters. The number of hydrogen-bond acceptors (Lipinski definition) is 2. The zero-order valence-corrected chi connectivity index (χ0v) is 8.97. The second-order valence-electron chi connectivity index (χ2n) is 2.87. The van der Waals surface area contributed by atoms with Gasteiger partial charge in [0.15, 0.2) is 0 Å². The Morgan fingerprint density at radius 2 is 2.07 bits per heavy atom. The fourth-order valence-corrected chi connectivity index (χ4v) is 1.11. The van der Waals surface area contributed by atoms with E-state index in [0.717, 1.165) is 0 Å². The number of benzene rings is 1. The van der Waals surface area contributed by atoms with E-state index in [9.17, 15) is 9.59 Å². The van der Waals surface area contributed by atoms with Gasteiger partial charge in [-0.25, -0.2) is 0 Å². The third-order valence-electron chi connectivity index (χ3n) is 1.72. The number of carbonyl (C=O) groups is 2. The lowest BCUT2D eigenvalue weighted by Crippen LogP contribution is -2.41. The van der Waals surface area contributed by atoms with E-state index >= 15 is 0 Å². The molecule has 1 aromatic rings. The molecule has 0 fully saturated rings. The van der Waals surface area contributed by atoms with Gasteiger partial charge in [-0.15, -0.1) is 0 Å². The van der Waals surface area contributed by atoms with Crippen LogP contribution in [0.1, 0.15) is 23.7 Å². The zero-order chi connectivity index (χ0) is 11.3. The van der Waals surface area contributed by atoms with Crippen molar-refractivity contribution in [3.8, 4) is 0 Å². The van der Waals surface area contributed by atoms with Crippen LogP contribution in [-0.2, 0) is 4.79 Å². The molecule has 0 aliphatic heterocycles. The molecule has 0 radical (unpaired) electrons. The highest BCUT2D eigenvalue weighted by molar-refractivity contribution is 6.30. The van der Waals surface area contributed by atoms with Crippen LogP contribution in [0, 0.1) is 0 Å². The van der Waals surface area contributed by atoms with Crippen LogP contribution >= 0.6 is 11.6 Å². The van der Waals surface area contributed by atoms with Gasteiger partial charge in [0.05, 0.1) is 0 Å². The van der Waals surface area contributed by atoms with Crippen molar-refractivity contribution in [2.75, 3.05) is 0 Å². The summed E-state index contributed by atoms with van der Waals surface area (Å²) < 4.78 is 0. The van der Waals surface area contributed by atoms with Crippen LogP contribution in [0.5, 0.6) is 0 Å². The largest absolute Gasteiger partial charge is 0.273 e. The van der Waals surface area contributed by atoms with Crippen molar-refractivity contribution in [1.82, 2.24) is 10.9 Å². The van der Waals surface area contributed by atoms with Crippen LogP contribution in [0.2, 0.25) is 5.02 Å². The molecule has 5 heteroatoms. The van der Waals surface area contributed by atoms with E-state index in [4.69, 9.17) is 11.6 Å². The van der Waals surface area contributed by atoms with Gasteiger partial charge in [0.1, 0.15) is 0 Å². The van der Waals surface area contributed by atoms with E-state index in [1.165, 1.54) is 6.07 Å². The molecule has 0 spiro atoms. The quantitative estimate of drug-likeness (QED) is 0.751. The Morgan fingerprint density at radius 3 is 2.67 bits per heavy atom. The van der Waals surface area contributed by atoms with Crippen molar-refractivity contribution >= 4 is 23.4 Å². The smallest absolute Gasteiger partial charge is 0.269 e. The van der Waals surface area contributed by atoms with Gasteiger partial charge in [0, 0.05) is 17.0 Å². The molecule has 15 heavy (non-hydrogen) atoms. The molecular formula is C10H11ClN2O2. The molecule has 0 atom stereocenters. The molecule has 80 valence electrons. The summed E-state index contributed by atoms with van der Waals surface area (Å²) in [6.45, 7) is 1.70. The first-order valence-corrected chi connectivity index (χ1v) is 4.86. The molecule has 0 bridgehead atoms. The predicted octanol–water partition coefficient (Wildman–Crippen LogP) is 1.51. The molecule has 0 saturated carbocycles. The second-order valence-corrected chi connectivity index (χ2v) is 3.30. The molecule has 0 aliphatic rings. The van der Waals surface area contributed by atoms with Gasteiger partial charge in [-0.1, -0.05) is 24.6 Å². The van der Waals surface area contributed by atoms with E-state index in [1.54, 1.807) is 25.1 Å². The van der Waals surface area contributed by atoms with Gasteiger partial charge >= 0.3 is 0 Å². The molecule has 1 rings (SSSR count). The van der Waals surface area contributed by atoms with E-state index in [-0.39, 0.29) is 11.8 Å². The molecule has 0 saturated heterocycles. The maximum atomic E-state index is 11.4. The highest BCUT2D eigenvalue weighted by Crippen LogP contribution is 2.09. The summed E-state index contributed by atoms with van der Waals surface area (Å²) in [6, 6.07) is 6.47. The molecular weight excluding hydrogens is 216 g/mol. The van der Waals surface area contributed by atoms with Crippen molar-refractivity contribution in [3.63, 3.8) is 0 Å². The summed E-state index contributed by atoms with van der Waals surface area (Å²) in [5, 5.41) is 0.476. The normalized spacial score (nSPS) is 9.47. The van der Waals surface area contributed by atoms with E-state index in [2.05, 4.69) is 10.9 Å². The molecule has 4 nitrogen and oxygen atoms in total. The molecule has 1 aromatic carbocycles. The number of amides is 2. The van der Waals surface area contributed by atoms with Gasteiger partial charge in [0.25, 0.3) is 5.91 Å². The molecule has 0 aromatic heterocycles. The Hall–Kier alpha value is -1.55. The fourth-order valence-electron chi connectivity index (χ4n) is 0.917. The number of hydrogen-bond donors (Lipinski definition) is 2. The summed E-state index contributed by atoms with van der Waals surface area (Å²) in [5.74, 6) is -0.635. The second kappa shape index (κ2) is 5.36. The van der Waals surface area contributed by atoms with Crippen LogP contribution in [0.4, 0.5) is 0 Å². The lowest BCUT2D eigenvalue weighted by molar-refractivity contribution is -0.121. The minimum Gasteiger partial charge on any atom is -0.273 e. The summed E-state index contributed by atoms with van der Waals surface area (Å²) in [7, 11) is 0. The van der Waals surface area contributed by atoms with Crippen molar-refractivity contribution in [3.05, 3.63) is 34.9 Å². The number of carbonyl (C=O) groups excluding carboxylic acids is 2. The molecule has 0 heterocycles. The average Bonchev–Trinajstić information content (AvgIpc) is 2.25. The van der Waals surface area contributed by atoms with Gasteiger partial charge in [0.2, 0.25) is 5.91 Å². The van der Waals surface area contributed by atoms with Crippen molar-refractivity contribution in [2.24, 2.45) is 0 Å². The standard InChI is InChI=1S/C10H11ClN2O2/c1-2-9(14)12-13-10(15)7-4-3-5-8(11)6-7/h3-6H,2H2,1H3,(H,12,14)(H,13,15). The fraction of sp³-hybridized carbons (Fsp3) is 0.200. The third kappa shape index (κ3) is 3.59. The van der Waals surface area contributed by atoms with Gasteiger partial charge in [-0.2, -0.15) is 0 Å². The van der Waals surface area contributed by atoms with E-state index < -0.39 is 0 Å². The van der Waals surface area contributed by atoms with E-state index in [1.807, 2.05) is 0 Å². The van der Waals surface area contributed by atoms with Crippen LogP contribution in [0.15, 0.2) is 24.3 Å². The minimum absolute atomic E-state index is 0.245. The van der Waals surface area contributed by atoms with Crippen molar-refractivity contribution < 1.29 is 9.59 Å². The Labute approximate surface area is 92.6 Å². The highest BCUT2D eigenvalue weighted by atomic mass is 35.5. The van der Waals surface area contributed by atoms with Gasteiger partial charge in [-0.3, -0.25) is 20.4 Å². The lowest BCUT2D eigenvalue weighted by Gasteiger charge is -2.05. The molecule has 2 amide bonds. The van der Waals surface area contributed by atoms with Crippen molar-refractivity contribution in [2.45, 2.75) is 13.3 Å². The summed E-state index contributed by atoms with van der Waals surface area (Å²) in [6.07, 6.45) is 0.315. The van der Waals surface area contributed by atoms with Gasteiger partial charge < -0.3 is 0 Å². The van der Waals surface area contributed by atoms with Crippen molar-refractivity contribution in [1.29, 1.82) is 0 Å². The topological polar surface area (TPSA) is 58.2 Å². The molecule has 2 N–H and O–H groups in total. The number of rotatable bonds is 2. The number of hydrazine groups is 1. The number of nitrogens with one attached hydrogen (secondary N) is 2. The average molecular weight is 227 g/mol.